The Labute approximate surface area is 101 Å². The van der Waals surface area contributed by atoms with Crippen LogP contribution in [0.25, 0.3) is 0 Å². The standard InChI is InChI=1S/C13H18O2S/c1-13(2,3)10-5-7-11(8-6-10)16-9-12(14)15-4/h5-8H,9H2,1-4H3. The van der Waals surface area contributed by atoms with E-state index < -0.39 is 0 Å². The Bertz CT molecular complexity index is 349. The lowest BCUT2D eigenvalue weighted by Gasteiger charge is -2.18. The van der Waals surface area contributed by atoms with Crippen LogP contribution in [0.5, 0.6) is 0 Å². The summed E-state index contributed by atoms with van der Waals surface area (Å²) in [4.78, 5) is 12.1. The highest BCUT2D eigenvalue weighted by molar-refractivity contribution is 8.00. The van der Waals surface area contributed by atoms with Crippen LogP contribution >= 0.6 is 11.8 Å². The maximum absolute atomic E-state index is 11.0. The van der Waals surface area contributed by atoms with E-state index in [0.29, 0.717) is 5.75 Å². The van der Waals surface area contributed by atoms with Crippen LogP contribution in [0.1, 0.15) is 26.3 Å². The number of rotatable bonds is 3. The van der Waals surface area contributed by atoms with Gasteiger partial charge in [-0.05, 0) is 23.1 Å². The van der Waals surface area contributed by atoms with Gasteiger partial charge in [0.25, 0.3) is 0 Å². The average molecular weight is 238 g/mol. The molecule has 0 aliphatic rings. The summed E-state index contributed by atoms with van der Waals surface area (Å²) >= 11 is 1.50. The second-order valence-electron chi connectivity index (χ2n) is 4.64. The van der Waals surface area contributed by atoms with Crippen molar-refractivity contribution in [1.29, 1.82) is 0 Å². The van der Waals surface area contributed by atoms with Gasteiger partial charge in [-0.2, -0.15) is 0 Å². The molecule has 0 radical (unpaired) electrons. The first-order valence-corrected chi connectivity index (χ1v) is 6.22. The third kappa shape index (κ3) is 3.89. The van der Waals surface area contributed by atoms with Crippen LogP contribution in [0.4, 0.5) is 0 Å². The maximum Gasteiger partial charge on any atom is 0.315 e. The summed E-state index contributed by atoms with van der Waals surface area (Å²) in [6.07, 6.45) is 0. The smallest absolute Gasteiger partial charge is 0.315 e. The van der Waals surface area contributed by atoms with Crippen molar-refractivity contribution < 1.29 is 9.53 Å². The highest BCUT2D eigenvalue weighted by atomic mass is 32.2. The van der Waals surface area contributed by atoms with Gasteiger partial charge in [-0.15, -0.1) is 11.8 Å². The molecule has 1 aromatic rings. The van der Waals surface area contributed by atoms with Crippen molar-refractivity contribution in [2.45, 2.75) is 31.1 Å². The minimum atomic E-state index is -0.190. The molecule has 0 saturated heterocycles. The van der Waals surface area contributed by atoms with Gasteiger partial charge >= 0.3 is 5.97 Å². The van der Waals surface area contributed by atoms with Crippen LogP contribution < -0.4 is 0 Å². The molecule has 0 aliphatic heterocycles. The topological polar surface area (TPSA) is 26.3 Å². The van der Waals surface area contributed by atoms with E-state index in [1.165, 1.54) is 24.4 Å². The number of hydrogen-bond acceptors (Lipinski definition) is 3. The number of carbonyl (C=O) groups is 1. The van der Waals surface area contributed by atoms with Gasteiger partial charge in [0, 0.05) is 4.90 Å². The molecule has 88 valence electrons. The molecule has 1 aromatic carbocycles. The van der Waals surface area contributed by atoms with Gasteiger partial charge in [-0.1, -0.05) is 32.9 Å². The second kappa shape index (κ2) is 5.39. The van der Waals surface area contributed by atoms with Crippen LogP contribution in [0.15, 0.2) is 29.2 Å². The second-order valence-corrected chi connectivity index (χ2v) is 5.69. The normalized spacial score (nSPS) is 11.2. The Morgan fingerprint density at radius 2 is 1.81 bits per heavy atom. The lowest BCUT2D eigenvalue weighted by atomic mass is 9.87. The monoisotopic (exact) mass is 238 g/mol. The number of carbonyl (C=O) groups excluding carboxylic acids is 1. The van der Waals surface area contributed by atoms with Crippen molar-refractivity contribution in [3.8, 4) is 0 Å². The Kier molecular flexibility index (Phi) is 4.42. The highest BCUT2D eigenvalue weighted by Gasteiger charge is 2.12. The van der Waals surface area contributed by atoms with Gasteiger partial charge in [0.1, 0.15) is 0 Å². The van der Waals surface area contributed by atoms with Crippen LogP contribution in [0, 0.1) is 0 Å². The summed E-state index contributed by atoms with van der Waals surface area (Å²) in [6.45, 7) is 6.55. The molecular weight excluding hydrogens is 220 g/mol. The number of methoxy groups -OCH3 is 1. The van der Waals surface area contributed by atoms with E-state index in [4.69, 9.17) is 0 Å². The molecule has 0 bridgehead atoms. The van der Waals surface area contributed by atoms with E-state index in [-0.39, 0.29) is 11.4 Å². The lowest BCUT2D eigenvalue weighted by Crippen LogP contribution is -2.10. The van der Waals surface area contributed by atoms with Gasteiger partial charge < -0.3 is 4.74 Å². The first kappa shape index (κ1) is 13.1. The van der Waals surface area contributed by atoms with Gasteiger partial charge in [0.15, 0.2) is 0 Å². The Hall–Kier alpha value is -0.960. The Morgan fingerprint density at radius 3 is 2.25 bits per heavy atom. The molecule has 0 saturated carbocycles. The zero-order valence-electron chi connectivity index (χ0n) is 10.2. The summed E-state index contributed by atoms with van der Waals surface area (Å²) in [5, 5.41) is 0. The zero-order chi connectivity index (χ0) is 12.2. The number of ether oxygens (including phenoxy) is 1. The van der Waals surface area contributed by atoms with E-state index in [1.807, 2.05) is 12.1 Å². The fourth-order valence-electron chi connectivity index (χ4n) is 1.25. The van der Waals surface area contributed by atoms with Crippen LogP contribution in [0.3, 0.4) is 0 Å². The van der Waals surface area contributed by atoms with Crippen LogP contribution in [-0.2, 0) is 14.9 Å². The molecule has 0 unspecified atom stereocenters. The predicted octanol–water partition coefficient (Wildman–Crippen LogP) is 3.25. The first-order valence-electron chi connectivity index (χ1n) is 5.23. The van der Waals surface area contributed by atoms with Crippen molar-refractivity contribution in [3.05, 3.63) is 29.8 Å². The number of esters is 1. The van der Waals surface area contributed by atoms with E-state index in [9.17, 15) is 4.79 Å². The summed E-state index contributed by atoms with van der Waals surface area (Å²) < 4.78 is 4.59. The summed E-state index contributed by atoms with van der Waals surface area (Å²) in [5.74, 6) is 0.177. The fraction of sp³-hybridized carbons (Fsp3) is 0.462. The lowest BCUT2D eigenvalue weighted by molar-refractivity contribution is -0.137. The molecule has 0 amide bonds. The SMILES string of the molecule is COC(=O)CSc1ccc(C(C)(C)C)cc1. The molecule has 0 fully saturated rings. The van der Waals surface area contributed by atoms with Gasteiger partial charge in [-0.3, -0.25) is 4.79 Å². The number of hydrogen-bond donors (Lipinski definition) is 0. The number of thioether (sulfide) groups is 1. The fourth-order valence-corrected chi connectivity index (χ4v) is 1.98. The van der Waals surface area contributed by atoms with E-state index in [0.717, 1.165) is 4.90 Å². The predicted molar refractivity (Wildman–Crippen MR) is 67.9 cm³/mol. The molecule has 1 rings (SSSR count). The van der Waals surface area contributed by atoms with Crippen LogP contribution in [0.2, 0.25) is 0 Å². The molecule has 0 aromatic heterocycles. The first-order chi connectivity index (χ1) is 7.43. The van der Waals surface area contributed by atoms with E-state index >= 15 is 0 Å². The van der Waals surface area contributed by atoms with E-state index in [2.05, 4.69) is 37.6 Å². The van der Waals surface area contributed by atoms with E-state index in [1.54, 1.807) is 0 Å². The summed E-state index contributed by atoms with van der Waals surface area (Å²) in [7, 11) is 1.41. The molecule has 0 atom stereocenters. The highest BCUT2D eigenvalue weighted by Crippen LogP contribution is 2.25. The minimum absolute atomic E-state index is 0.172. The molecule has 0 spiro atoms. The quantitative estimate of drug-likeness (QED) is 0.597. The third-order valence-electron chi connectivity index (χ3n) is 2.30. The summed E-state index contributed by atoms with van der Waals surface area (Å²) in [5.41, 5.74) is 1.47. The minimum Gasteiger partial charge on any atom is -0.468 e. The molecule has 16 heavy (non-hydrogen) atoms. The molecule has 3 heteroatoms. The van der Waals surface area contributed by atoms with Crippen molar-refractivity contribution in [2.75, 3.05) is 12.9 Å². The zero-order valence-corrected chi connectivity index (χ0v) is 11.1. The maximum atomic E-state index is 11.0. The Balaban J connectivity index is 2.62. The molecule has 0 aliphatic carbocycles. The van der Waals surface area contributed by atoms with Gasteiger partial charge in [0.2, 0.25) is 0 Å². The van der Waals surface area contributed by atoms with Gasteiger partial charge in [0.05, 0.1) is 12.9 Å². The molecule has 0 N–H and O–H groups in total. The van der Waals surface area contributed by atoms with Crippen molar-refractivity contribution in [1.82, 2.24) is 0 Å². The Morgan fingerprint density at radius 1 is 1.25 bits per heavy atom. The molecule has 2 nitrogen and oxygen atoms in total. The van der Waals surface area contributed by atoms with Crippen molar-refractivity contribution >= 4 is 17.7 Å². The van der Waals surface area contributed by atoms with Gasteiger partial charge in [-0.25, -0.2) is 0 Å². The molecular formula is C13H18O2S. The molecule has 0 heterocycles. The van der Waals surface area contributed by atoms with Crippen molar-refractivity contribution in [2.24, 2.45) is 0 Å². The summed E-state index contributed by atoms with van der Waals surface area (Å²) in [6, 6.07) is 8.32. The van der Waals surface area contributed by atoms with Crippen molar-refractivity contribution in [3.63, 3.8) is 0 Å². The average Bonchev–Trinajstić information content (AvgIpc) is 2.25. The largest absolute Gasteiger partial charge is 0.468 e. The number of benzene rings is 1. The third-order valence-corrected chi connectivity index (χ3v) is 3.29. The van der Waals surface area contributed by atoms with Crippen LogP contribution in [-0.4, -0.2) is 18.8 Å².